The van der Waals surface area contributed by atoms with Crippen molar-refractivity contribution in [1.82, 2.24) is 14.5 Å². The number of nitrogens with zero attached hydrogens (tertiary/aromatic N) is 3. The number of pyridine rings is 1. The highest BCUT2D eigenvalue weighted by Gasteiger charge is 2.13. The summed E-state index contributed by atoms with van der Waals surface area (Å²) in [5.74, 6) is 0.0102. The highest BCUT2D eigenvalue weighted by Crippen LogP contribution is 2.22. The number of nitrogens with one attached hydrogen (secondary N) is 2. The predicted molar refractivity (Wildman–Crippen MR) is 115 cm³/mol. The van der Waals surface area contributed by atoms with Crippen molar-refractivity contribution < 1.29 is 9.59 Å². The Labute approximate surface area is 170 Å². The van der Waals surface area contributed by atoms with E-state index in [-0.39, 0.29) is 17.7 Å². The van der Waals surface area contributed by atoms with Crippen LogP contribution in [0, 0.1) is 18.8 Å². The second-order valence-corrected chi connectivity index (χ2v) is 7.99. The third kappa shape index (κ3) is 4.80. The zero-order valence-corrected chi connectivity index (χ0v) is 17.5. The van der Waals surface area contributed by atoms with Gasteiger partial charge in [0.05, 0.1) is 11.9 Å². The Morgan fingerprint density at radius 1 is 1.07 bits per heavy atom. The van der Waals surface area contributed by atoms with Crippen molar-refractivity contribution >= 4 is 34.4 Å². The first-order valence-corrected chi connectivity index (χ1v) is 9.78. The molecule has 2 N–H and O–H groups in total. The van der Waals surface area contributed by atoms with Crippen LogP contribution in [0.5, 0.6) is 0 Å². The van der Waals surface area contributed by atoms with E-state index in [2.05, 4.69) is 34.4 Å². The number of anilines is 2. The Hall–Kier alpha value is -3.22. The van der Waals surface area contributed by atoms with Crippen molar-refractivity contribution in [1.29, 1.82) is 0 Å². The molecule has 1 aromatic carbocycles. The van der Waals surface area contributed by atoms with Gasteiger partial charge in [-0.05, 0) is 36.6 Å². The first-order valence-electron chi connectivity index (χ1n) is 9.78. The Morgan fingerprint density at radius 3 is 2.52 bits per heavy atom. The van der Waals surface area contributed by atoms with Gasteiger partial charge in [-0.3, -0.25) is 9.59 Å². The summed E-state index contributed by atoms with van der Waals surface area (Å²) in [7, 11) is 0. The molecule has 2 amide bonds. The maximum atomic E-state index is 12.7. The molecule has 2 heterocycles. The van der Waals surface area contributed by atoms with E-state index in [4.69, 9.17) is 0 Å². The van der Waals surface area contributed by atoms with Gasteiger partial charge in [-0.1, -0.05) is 33.8 Å². The van der Waals surface area contributed by atoms with Gasteiger partial charge >= 0.3 is 0 Å². The summed E-state index contributed by atoms with van der Waals surface area (Å²) in [6, 6.07) is 7.17. The minimum absolute atomic E-state index is 0.0665. The van der Waals surface area contributed by atoms with Crippen LogP contribution < -0.4 is 10.6 Å². The maximum absolute atomic E-state index is 12.7. The first-order chi connectivity index (χ1) is 13.7. The van der Waals surface area contributed by atoms with Crippen LogP contribution >= 0.6 is 0 Å². The number of imidazole rings is 1. The summed E-state index contributed by atoms with van der Waals surface area (Å²) in [6.07, 6.45) is 3.31. The lowest BCUT2D eigenvalue weighted by atomic mass is 10.1. The normalized spacial score (nSPS) is 11.3. The number of benzene rings is 1. The van der Waals surface area contributed by atoms with E-state index in [1.807, 2.05) is 37.5 Å². The van der Waals surface area contributed by atoms with Crippen LogP contribution in [0.15, 0.2) is 36.8 Å². The van der Waals surface area contributed by atoms with Crippen molar-refractivity contribution in [2.45, 2.75) is 41.2 Å². The summed E-state index contributed by atoms with van der Waals surface area (Å²) in [6.45, 7) is 10.7. The predicted octanol–water partition coefficient (Wildman–Crippen LogP) is 4.24. The fraction of sp³-hybridized carbons (Fsp3) is 0.364. The Balaban J connectivity index is 1.78. The van der Waals surface area contributed by atoms with Crippen molar-refractivity contribution in [3.63, 3.8) is 0 Å². The van der Waals surface area contributed by atoms with Crippen LogP contribution in [0.3, 0.4) is 0 Å². The molecule has 0 aliphatic heterocycles. The Bertz CT molecular complexity index is 1050. The molecule has 0 atom stereocenters. The number of rotatable bonds is 6. The minimum Gasteiger partial charge on any atom is -0.326 e. The third-order valence-electron chi connectivity index (χ3n) is 4.56. The lowest BCUT2D eigenvalue weighted by molar-refractivity contribution is -0.118. The standard InChI is InChI=1S/C22H27N5O2/c1-13(2)11-27-12-24-19-8-16(10-23-20(19)27)22(29)25-17-7-6-15(5)18(9-17)26-21(28)14(3)4/h6-10,12-14H,11H2,1-5H3,(H,25,29)(H,26,28). The molecule has 0 bridgehead atoms. The highest BCUT2D eigenvalue weighted by atomic mass is 16.2. The Morgan fingerprint density at radius 2 is 1.83 bits per heavy atom. The van der Waals surface area contributed by atoms with E-state index < -0.39 is 0 Å². The summed E-state index contributed by atoms with van der Waals surface area (Å²) in [5, 5.41) is 5.76. The molecular weight excluding hydrogens is 366 g/mol. The van der Waals surface area contributed by atoms with E-state index in [0.717, 1.165) is 17.8 Å². The zero-order chi connectivity index (χ0) is 21.1. The van der Waals surface area contributed by atoms with Crippen molar-refractivity contribution in [2.24, 2.45) is 11.8 Å². The summed E-state index contributed by atoms with van der Waals surface area (Å²) in [5.41, 5.74) is 4.10. The summed E-state index contributed by atoms with van der Waals surface area (Å²) in [4.78, 5) is 33.5. The number of aryl methyl sites for hydroxylation is 1. The monoisotopic (exact) mass is 393 g/mol. The van der Waals surface area contributed by atoms with Crippen LogP contribution in [0.2, 0.25) is 0 Å². The summed E-state index contributed by atoms with van der Waals surface area (Å²) < 4.78 is 1.99. The number of carbonyl (C=O) groups excluding carboxylic acids is 2. The van der Waals surface area contributed by atoms with Gasteiger partial charge in [0.25, 0.3) is 5.91 Å². The van der Waals surface area contributed by atoms with Crippen molar-refractivity contribution in [2.75, 3.05) is 10.6 Å². The zero-order valence-electron chi connectivity index (χ0n) is 17.5. The molecule has 0 aliphatic carbocycles. The van der Waals surface area contributed by atoms with Gasteiger partial charge < -0.3 is 15.2 Å². The highest BCUT2D eigenvalue weighted by molar-refractivity contribution is 6.06. The minimum atomic E-state index is -0.275. The largest absolute Gasteiger partial charge is 0.326 e. The number of aromatic nitrogens is 3. The van der Waals surface area contributed by atoms with Gasteiger partial charge in [0.2, 0.25) is 5.91 Å². The number of hydrogen-bond donors (Lipinski definition) is 2. The second kappa shape index (κ2) is 8.43. The first kappa shape index (κ1) is 20.5. The molecule has 0 saturated carbocycles. The van der Waals surface area contributed by atoms with Gasteiger partial charge in [-0.15, -0.1) is 0 Å². The van der Waals surface area contributed by atoms with E-state index in [1.165, 1.54) is 0 Å². The molecule has 0 unspecified atom stereocenters. The molecule has 0 aliphatic rings. The average molecular weight is 393 g/mol. The lowest BCUT2D eigenvalue weighted by Gasteiger charge is -2.13. The van der Waals surface area contributed by atoms with Crippen LogP contribution in [-0.4, -0.2) is 26.3 Å². The van der Waals surface area contributed by atoms with Gasteiger partial charge in [0, 0.05) is 30.0 Å². The third-order valence-corrected chi connectivity index (χ3v) is 4.56. The molecule has 7 nitrogen and oxygen atoms in total. The molecule has 152 valence electrons. The smallest absolute Gasteiger partial charge is 0.257 e. The number of hydrogen-bond acceptors (Lipinski definition) is 4. The van der Waals surface area contributed by atoms with E-state index >= 15 is 0 Å². The SMILES string of the molecule is Cc1ccc(NC(=O)c2cnc3c(c2)ncn3CC(C)C)cc1NC(=O)C(C)C. The van der Waals surface area contributed by atoms with Crippen molar-refractivity contribution in [3.05, 3.63) is 47.9 Å². The average Bonchev–Trinajstić information content (AvgIpc) is 3.05. The quantitative estimate of drug-likeness (QED) is 0.655. The maximum Gasteiger partial charge on any atom is 0.257 e. The molecule has 29 heavy (non-hydrogen) atoms. The van der Waals surface area contributed by atoms with Gasteiger partial charge in [0.1, 0.15) is 5.52 Å². The van der Waals surface area contributed by atoms with Gasteiger partial charge in [-0.25, -0.2) is 9.97 Å². The number of amides is 2. The summed E-state index contributed by atoms with van der Waals surface area (Å²) >= 11 is 0. The molecule has 3 rings (SSSR count). The second-order valence-electron chi connectivity index (χ2n) is 7.99. The number of fused-ring (bicyclic) bond motifs is 1. The molecular formula is C22H27N5O2. The number of carbonyl (C=O) groups is 2. The van der Waals surface area contributed by atoms with Crippen LogP contribution in [-0.2, 0) is 11.3 Å². The van der Waals surface area contributed by atoms with E-state index in [9.17, 15) is 9.59 Å². The molecule has 0 radical (unpaired) electrons. The molecule has 7 heteroatoms. The molecule has 0 saturated heterocycles. The molecule has 0 fully saturated rings. The molecule has 2 aromatic heterocycles. The van der Waals surface area contributed by atoms with Crippen LogP contribution in [0.1, 0.15) is 43.6 Å². The Kier molecular flexibility index (Phi) is 5.96. The molecule has 3 aromatic rings. The van der Waals surface area contributed by atoms with Gasteiger partial charge in [0.15, 0.2) is 5.65 Å². The van der Waals surface area contributed by atoms with Crippen LogP contribution in [0.4, 0.5) is 11.4 Å². The fourth-order valence-electron chi connectivity index (χ4n) is 2.91. The van der Waals surface area contributed by atoms with E-state index in [1.54, 1.807) is 24.7 Å². The lowest BCUT2D eigenvalue weighted by Crippen LogP contribution is -2.19. The van der Waals surface area contributed by atoms with Crippen molar-refractivity contribution in [3.8, 4) is 0 Å². The fourth-order valence-corrected chi connectivity index (χ4v) is 2.91. The topological polar surface area (TPSA) is 88.9 Å². The van der Waals surface area contributed by atoms with E-state index in [0.29, 0.717) is 28.4 Å². The van der Waals surface area contributed by atoms with Gasteiger partial charge in [-0.2, -0.15) is 0 Å². The van der Waals surface area contributed by atoms with Crippen LogP contribution in [0.25, 0.3) is 11.2 Å². The molecule has 0 spiro atoms.